The van der Waals surface area contributed by atoms with Gasteiger partial charge in [-0.1, -0.05) is 57.2 Å². The lowest BCUT2D eigenvalue weighted by molar-refractivity contribution is 0.206. The zero-order valence-electron chi connectivity index (χ0n) is 17.3. The number of unbranched alkanes of at least 4 members (excludes halogenated alkanes) is 5. The number of hydrogen-bond acceptors (Lipinski definition) is 2. The van der Waals surface area contributed by atoms with Gasteiger partial charge in [0.25, 0.3) is 0 Å². The summed E-state index contributed by atoms with van der Waals surface area (Å²) >= 11 is 2.10. The van der Waals surface area contributed by atoms with E-state index in [1.165, 1.54) is 38.5 Å². The van der Waals surface area contributed by atoms with Crippen LogP contribution < -0.4 is 4.74 Å². The van der Waals surface area contributed by atoms with Gasteiger partial charge in [0.05, 0.1) is 6.10 Å². The molecule has 0 saturated heterocycles. The quantitative estimate of drug-likeness (QED) is 0.158. The van der Waals surface area contributed by atoms with Gasteiger partial charge in [0.15, 0.2) is 0 Å². The first-order valence-electron chi connectivity index (χ1n) is 10.6. The van der Waals surface area contributed by atoms with Crippen LogP contribution in [-0.4, -0.2) is 11.1 Å². The van der Waals surface area contributed by atoms with Crippen molar-refractivity contribution in [3.05, 3.63) is 58.0 Å². The minimum Gasteiger partial charge on any atom is -0.491 e. The lowest BCUT2D eigenvalue weighted by Crippen LogP contribution is -2.11. The number of aromatic nitrogens is 1. The molecular formula is C25H29FINO. The molecule has 0 amide bonds. The summed E-state index contributed by atoms with van der Waals surface area (Å²) in [5.74, 6) is 0.577. The largest absolute Gasteiger partial charge is 0.491 e. The van der Waals surface area contributed by atoms with E-state index in [0.29, 0.717) is 5.52 Å². The number of nitrogens with zero attached hydrogens (tertiary/aromatic N) is 1. The third-order valence-electron chi connectivity index (χ3n) is 5.20. The molecule has 0 aliphatic rings. The standard InChI is InChI=1S/C25H29FINO/c1-3-4-5-6-7-8-9-18(2)29-22-13-10-19(11-14-22)21-16-20-12-15-24(27)28-25(20)23(26)17-21/h10-18H,3-9H2,1-2H3. The second kappa shape index (κ2) is 10.9. The first kappa shape index (κ1) is 22.0. The van der Waals surface area contributed by atoms with Crippen molar-refractivity contribution >= 4 is 33.5 Å². The Labute approximate surface area is 187 Å². The number of benzene rings is 2. The van der Waals surface area contributed by atoms with E-state index in [1.54, 1.807) is 6.07 Å². The monoisotopic (exact) mass is 505 g/mol. The minimum atomic E-state index is -0.288. The fourth-order valence-corrected chi connectivity index (χ4v) is 3.98. The van der Waals surface area contributed by atoms with E-state index in [-0.39, 0.29) is 11.9 Å². The maximum absolute atomic E-state index is 14.5. The number of rotatable bonds is 10. The second-order valence-electron chi connectivity index (χ2n) is 7.67. The molecule has 0 radical (unpaired) electrons. The summed E-state index contributed by atoms with van der Waals surface area (Å²) in [6, 6.07) is 15.3. The highest BCUT2D eigenvalue weighted by molar-refractivity contribution is 14.1. The molecule has 3 rings (SSSR count). The number of hydrogen-bond donors (Lipinski definition) is 0. The van der Waals surface area contributed by atoms with Crippen LogP contribution >= 0.6 is 22.6 Å². The SMILES string of the molecule is CCCCCCCCC(C)Oc1ccc(-c2cc(F)c3nc(I)ccc3c2)cc1. The molecule has 3 aromatic rings. The van der Waals surface area contributed by atoms with E-state index in [2.05, 4.69) is 41.4 Å². The first-order valence-corrected chi connectivity index (χ1v) is 11.7. The van der Waals surface area contributed by atoms with Crippen LogP contribution in [0.3, 0.4) is 0 Å². The Kier molecular flexibility index (Phi) is 8.28. The molecule has 1 atom stereocenters. The van der Waals surface area contributed by atoms with Crippen molar-refractivity contribution in [2.24, 2.45) is 0 Å². The molecule has 0 aliphatic heterocycles. The molecule has 29 heavy (non-hydrogen) atoms. The van der Waals surface area contributed by atoms with Gasteiger partial charge in [0.2, 0.25) is 0 Å². The van der Waals surface area contributed by atoms with Crippen LogP contribution in [0.2, 0.25) is 0 Å². The normalized spacial score (nSPS) is 12.3. The Hall–Kier alpha value is -1.69. The van der Waals surface area contributed by atoms with Crippen LogP contribution in [0.1, 0.15) is 58.8 Å². The van der Waals surface area contributed by atoms with Crippen LogP contribution in [0.4, 0.5) is 4.39 Å². The number of ether oxygens (including phenoxy) is 1. The molecule has 2 nitrogen and oxygen atoms in total. The lowest BCUT2D eigenvalue weighted by atomic mass is 10.0. The van der Waals surface area contributed by atoms with E-state index in [4.69, 9.17) is 4.74 Å². The molecular weight excluding hydrogens is 476 g/mol. The van der Waals surface area contributed by atoms with Crippen LogP contribution in [0.15, 0.2) is 48.5 Å². The van der Waals surface area contributed by atoms with Gasteiger partial charge < -0.3 is 4.74 Å². The third kappa shape index (κ3) is 6.39. The molecule has 0 aliphatic carbocycles. The summed E-state index contributed by atoms with van der Waals surface area (Å²) in [5.41, 5.74) is 2.24. The fraction of sp³-hybridized carbons (Fsp3) is 0.400. The van der Waals surface area contributed by atoms with Crippen molar-refractivity contribution in [2.45, 2.75) is 64.9 Å². The summed E-state index contributed by atoms with van der Waals surface area (Å²) in [5, 5.41) is 0.813. The van der Waals surface area contributed by atoms with E-state index in [1.807, 2.05) is 42.5 Å². The number of fused-ring (bicyclic) bond motifs is 1. The summed E-state index contributed by atoms with van der Waals surface area (Å²) in [4.78, 5) is 4.29. The maximum atomic E-state index is 14.5. The summed E-state index contributed by atoms with van der Waals surface area (Å²) in [6.07, 6.45) is 9.09. The smallest absolute Gasteiger partial charge is 0.150 e. The molecule has 2 aromatic carbocycles. The van der Waals surface area contributed by atoms with Gasteiger partial charge >= 0.3 is 0 Å². The van der Waals surface area contributed by atoms with Gasteiger partial charge in [-0.15, -0.1) is 0 Å². The maximum Gasteiger partial charge on any atom is 0.150 e. The van der Waals surface area contributed by atoms with Crippen molar-refractivity contribution in [1.82, 2.24) is 4.98 Å². The predicted octanol–water partition coefficient (Wildman–Crippen LogP) is 8.16. The Bertz CT molecular complexity index is 926. The second-order valence-corrected chi connectivity index (χ2v) is 8.78. The van der Waals surface area contributed by atoms with Gasteiger partial charge in [0, 0.05) is 5.39 Å². The van der Waals surface area contributed by atoms with Gasteiger partial charge in [0.1, 0.15) is 20.8 Å². The van der Waals surface area contributed by atoms with Crippen LogP contribution in [-0.2, 0) is 0 Å². The molecule has 0 saturated carbocycles. The third-order valence-corrected chi connectivity index (χ3v) is 5.80. The van der Waals surface area contributed by atoms with Crippen molar-refractivity contribution in [3.8, 4) is 16.9 Å². The molecule has 154 valence electrons. The highest BCUT2D eigenvalue weighted by atomic mass is 127. The molecule has 1 heterocycles. The molecule has 4 heteroatoms. The molecule has 1 aromatic heterocycles. The van der Waals surface area contributed by atoms with Crippen molar-refractivity contribution in [2.75, 3.05) is 0 Å². The van der Waals surface area contributed by atoms with Crippen molar-refractivity contribution < 1.29 is 9.13 Å². The van der Waals surface area contributed by atoms with Gasteiger partial charge in [-0.2, -0.15) is 0 Å². The minimum absolute atomic E-state index is 0.207. The van der Waals surface area contributed by atoms with E-state index < -0.39 is 0 Å². The van der Waals surface area contributed by atoms with E-state index in [9.17, 15) is 4.39 Å². The van der Waals surface area contributed by atoms with Gasteiger partial charge in [-0.25, -0.2) is 9.37 Å². The first-order chi connectivity index (χ1) is 14.1. The van der Waals surface area contributed by atoms with E-state index in [0.717, 1.165) is 32.4 Å². The Morgan fingerprint density at radius 3 is 2.41 bits per heavy atom. The van der Waals surface area contributed by atoms with Crippen molar-refractivity contribution in [3.63, 3.8) is 0 Å². The zero-order chi connectivity index (χ0) is 20.6. The Balaban J connectivity index is 1.59. The summed E-state index contributed by atoms with van der Waals surface area (Å²) in [6.45, 7) is 4.38. The van der Waals surface area contributed by atoms with Gasteiger partial charge in [-0.05, 0) is 83.8 Å². The molecule has 0 spiro atoms. The fourth-order valence-electron chi connectivity index (χ4n) is 3.56. The summed E-state index contributed by atoms with van der Waals surface area (Å²) < 4.78 is 21.3. The predicted molar refractivity (Wildman–Crippen MR) is 128 cm³/mol. The molecule has 0 fully saturated rings. The Morgan fingerprint density at radius 2 is 1.66 bits per heavy atom. The average Bonchev–Trinajstić information content (AvgIpc) is 2.71. The molecule has 0 N–H and O–H groups in total. The average molecular weight is 505 g/mol. The number of halogens is 2. The van der Waals surface area contributed by atoms with Gasteiger partial charge in [-0.3, -0.25) is 0 Å². The summed E-state index contributed by atoms with van der Waals surface area (Å²) in [7, 11) is 0. The van der Waals surface area contributed by atoms with Crippen molar-refractivity contribution in [1.29, 1.82) is 0 Å². The highest BCUT2D eigenvalue weighted by Crippen LogP contribution is 2.28. The van der Waals surface area contributed by atoms with Crippen LogP contribution in [0.5, 0.6) is 5.75 Å². The topological polar surface area (TPSA) is 22.1 Å². The van der Waals surface area contributed by atoms with Crippen LogP contribution in [0.25, 0.3) is 22.0 Å². The molecule has 0 bridgehead atoms. The highest BCUT2D eigenvalue weighted by Gasteiger charge is 2.09. The zero-order valence-corrected chi connectivity index (χ0v) is 19.4. The molecule has 1 unspecified atom stereocenters. The van der Waals surface area contributed by atoms with E-state index >= 15 is 0 Å². The van der Waals surface area contributed by atoms with Crippen LogP contribution in [0, 0.1) is 9.52 Å². The number of pyridine rings is 1. The lowest BCUT2D eigenvalue weighted by Gasteiger charge is -2.15. The Morgan fingerprint density at radius 1 is 0.931 bits per heavy atom.